The second-order valence-corrected chi connectivity index (χ2v) is 2.07. The Labute approximate surface area is 59.6 Å². The molecule has 0 spiro atoms. The summed E-state index contributed by atoms with van der Waals surface area (Å²) >= 11 is 0. The van der Waals surface area contributed by atoms with E-state index in [-0.39, 0.29) is 0 Å². The standard InChI is InChI=1S/C7H10N2O/c1-10-7-3-2-5(8)4-6(7)9/h2-4H,8-9H2,1H3/p+1. The van der Waals surface area contributed by atoms with Crippen LogP contribution in [0.4, 0.5) is 11.4 Å². The molecule has 0 bridgehead atoms. The van der Waals surface area contributed by atoms with Crippen molar-refractivity contribution < 1.29 is 10.5 Å². The van der Waals surface area contributed by atoms with Gasteiger partial charge in [-0.25, -0.2) is 0 Å². The number of rotatable bonds is 1. The SMILES string of the molecule is COc1ccc(N)cc1[NH3+]. The lowest BCUT2D eigenvalue weighted by atomic mass is 10.2. The first-order chi connectivity index (χ1) is 4.74. The Hall–Kier alpha value is -1.22. The molecular weight excluding hydrogens is 128 g/mol. The molecule has 0 aromatic heterocycles. The molecule has 0 saturated carbocycles. The van der Waals surface area contributed by atoms with Gasteiger partial charge in [0.1, 0.15) is 0 Å². The number of hydrogen-bond acceptors (Lipinski definition) is 2. The Morgan fingerprint density at radius 2 is 2.20 bits per heavy atom. The van der Waals surface area contributed by atoms with Crippen LogP contribution in [0, 0.1) is 0 Å². The van der Waals surface area contributed by atoms with E-state index < -0.39 is 0 Å². The zero-order valence-electron chi connectivity index (χ0n) is 5.92. The molecule has 3 heteroatoms. The van der Waals surface area contributed by atoms with E-state index in [2.05, 4.69) is 5.73 Å². The molecule has 0 saturated heterocycles. The van der Waals surface area contributed by atoms with Crippen molar-refractivity contribution in [3.05, 3.63) is 18.2 Å². The molecule has 0 amide bonds. The first-order valence-corrected chi connectivity index (χ1v) is 2.99. The van der Waals surface area contributed by atoms with Gasteiger partial charge in [0.25, 0.3) is 0 Å². The topological polar surface area (TPSA) is 62.9 Å². The summed E-state index contributed by atoms with van der Waals surface area (Å²) in [5.74, 6) is 0.772. The van der Waals surface area contributed by atoms with Gasteiger partial charge in [0.2, 0.25) is 0 Å². The van der Waals surface area contributed by atoms with Gasteiger partial charge in [-0.3, -0.25) is 0 Å². The number of hydrogen-bond donors (Lipinski definition) is 2. The van der Waals surface area contributed by atoms with Gasteiger partial charge in [0, 0.05) is 11.8 Å². The van der Waals surface area contributed by atoms with Crippen LogP contribution in [-0.2, 0) is 0 Å². The number of benzene rings is 1. The van der Waals surface area contributed by atoms with Gasteiger partial charge < -0.3 is 16.2 Å². The van der Waals surface area contributed by atoms with E-state index >= 15 is 0 Å². The average Bonchev–Trinajstić information content (AvgIpc) is 1.88. The van der Waals surface area contributed by atoms with Crippen LogP contribution in [0.15, 0.2) is 18.2 Å². The number of nitrogen functional groups attached to an aromatic ring is 1. The summed E-state index contributed by atoms with van der Waals surface area (Å²) in [6.07, 6.45) is 0. The van der Waals surface area contributed by atoms with Gasteiger partial charge in [-0.15, -0.1) is 0 Å². The van der Waals surface area contributed by atoms with E-state index in [1.165, 1.54) is 0 Å². The van der Waals surface area contributed by atoms with Crippen LogP contribution in [0.5, 0.6) is 5.75 Å². The third-order valence-electron chi connectivity index (χ3n) is 1.30. The van der Waals surface area contributed by atoms with Crippen LogP contribution < -0.4 is 16.2 Å². The lowest BCUT2D eigenvalue weighted by Crippen LogP contribution is -2.40. The minimum atomic E-state index is 0.714. The summed E-state index contributed by atoms with van der Waals surface area (Å²) < 4.78 is 4.98. The molecule has 10 heavy (non-hydrogen) atoms. The first kappa shape index (κ1) is 6.89. The van der Waals surface area contributed by atoms with Crippen LogP contribution in [0.3, 0.4) is 0 Å². The second-order valence-electron chi connectivity index (χ2n) is 2.07. The van der Waals surface area contributed by atoms with Crippen molar-refractivity contribution in [2.75, 3.05) is 12.8 Å². The van der Waals surface area contributed by atoms with Crippen molar-refractivity contribution in [1.82, 2.24) is 0 Å². The Morgan fingerprint density at radius 1 is 1.50 bits per heavy atom. The Balaban J connectivity index is 3.07. The fourth-order valence-corrected chi connectivity index (χ4v) is 0.799. The minimum absolute atomic E-state index is 0.714. The highest BCUT2D eigenvalue weighted by Gasteiger charge is 1.99. The fourth-order valence-electron chi connectivity index (χ4n) is 0.799. The summed E-state index contributed by atoms with van der Waals surface area (Å²) in [7, 11) is 1.61. The number of ether oxygens (including phenoxy) is 1. The van der Waals surface area contributed by atoms with E-state index in [9.17, 15) is 0 Å². The van der Waals surface area contributed by atoms with Crippen LogP contribution in [0.2, 0.25) is 0 Å². The molecule has 54 valence electrons. The summed E-state index contributed by atoms with van der Waals surface area (Å²) in [5.41, 5.74) is 10.8. The minimum Gasteiger partial charge on any atom is -0.491 e. The summed E-state index contributed by atoms with van der Waals surface area (Å²) in [5, 5.41) is 0. The molecule has 0 radical (unpaired) electrons. The van der Waals surface area contributed by atoms with Crippen LogP contribution in [0.1, 0.15) is 0 Å². The molecular formula is C7H11N2O+. The van der Waals surface area contributed by atoms with Gasteiger partial charge in [-0.2, -0.15) is 0 Å². The number of nitrogens with two attached hydrogens (primary N) is 1. The third kappa shape index (κ3) is 1.19. The third-order valence-corrected chi connectivity index (χ3v) is 1.30. The van der Waals surface area contributed by atoms with Gasteiger partial charge in [-0.05, 0) is 12.1 Å². The molecule has 0 unspecified atom stereocenters. The molecule has 3 nitrogen and oxygen atoms in total. The maximum atomic E-state index is 5.49. The second kappa shape index (κ2) is 2.58. The van der Waals surface area contributed by atoms with Crippen molar-refractivity contribution in [2.45, 2.75) is 0 Å². The van der Waals surface area contributed by atoms with Crippen molar-refractivity contribution >= 4 is 11.4 Å². The van der Waals surface area contributed by atoms with E-state index in [1.807, 2.05) is 0 Å². The lowest BCUT2D eigenvalue weighted by Gasteiger charge is -2.00. The van der Waals surface area contributed by atoms with Crippen molar-refractivity contribution in [3.8, 4) is 5.75 Å². The fraction of sp³-hybridized carbons (Fsp3) is 0.143. The predicted octanol–water partition coefficient (Wildman–Crippen LogP) is 0.151. The largest absolute Gasteiger partial charge is 0.491 e. The molecule has 1 rings (SSSR count). The Morgan fingerprint density at radius 3 is 2.70 bits per heavy atom. The average molecular weight is 139 g/mol. The normalized spacial score (nSPS) is 9.40. The number of methoxy groups -OCH3 is 1. The van der Waals surface area contributed by atoms with Crippen molar-refractivity contribution in [2.24, 2.45) is 0 Å². The molecule has 1 aromatic carbocycles. The molecule has 0 aliphatic rings. The lowest BCUT2D eigenvalue weighted by molar-refractivity contribution is -0.256. The van der Waals surface area contributed by atoms with Gasteiger partial charge in [0.15, 0.2) is 11.4 Å². The molecule has 1 aromatic rings. The molecule has 0 fully saturated rings. The predicted molar refractivity (Wildman–Crippen MR) is 40.0 cm³/mol. The van der Waals surface area contributed by atoms with Gasteiger partial charge >= 0.3 is 0 Å². The summed E-state index contributed by atoms with van der Waals surface area (Å²) in [6.45, 7) is 0. The monoisotopic (exact) mass is 139 g/mol. The highest BCUT2D eigenvalue weighted by molar-refractivity contribution is 5.55. The zero-order chi connectivity index (χ0) is 7.56. The first-order valence-electron chi connectivity index (χ1n) is 2.99. The van der Waals surface area contributed by atoms with Crippen molar-refractivity contribution in [1.29, 1.82) is 0 Å². The molecule has 0 atom stereocenters. The highest BCUT2D eigenvalue weighted by Crippen LogP contribution is 2.20. The zero-order valence-corrected chi connectivity index (χ0v) is 5.92. The maximum Gasteiger partial charge on any atom is 0.179 e. The van der Waals surface area contributed by atoms with Crippen molar-refractivity contribution in [3.63, 3.8) is 0 Å². The molecule has 0 aliphatic heterocycles. The van der Waals surface area contributed by atoms with Crippen LogP contribution in [0.25, 0.3) is 0 Å². The molecule has 5 N–H and O–H groups in total. The Kier molecular flexibility index (Phi) is 1.78. The van der Waals surface area contributed by atoms with E-state index in [4.69, 9.17) is 10.5 Å². The Bertz CT molecular complexity index is 235. The van der Waals surface area contributed by atoms with E-state index in [0.29, 0.717) is 5.69 Å². The van der Waals surface area contributed by atoms with E-state index in [1.54, 1.807) is 25.3 Å². The van der Waals surface area contributed by atoms with Gasteiger partial charge in [-0.1, -0.05) is 0 Å². The summed E-state index contributed by atoms with van der Waals surface area (Å²) in [6, 6.07) is 5.37. The number of anilines is 1. The van der Waals surface area contributed by atoms with Gasteiger partial charge in [0.05, 0.1) is 7.11 Å². The van der Waals surface area contributed by atoms with E-state index in [0.717, 1.165) is 11.4 Å². The summed E-state index contributed by atoms with van der Waals surface area (Å²) in [4.78, 5) is 0. The smallest absolute Gasteiger partial charge is 0.179 e. The molecule has 0 aliphatic carbocycles. The molecule has 0 heterocycles. The quantitative estimate of drug-likeness (QED) is 0.544. The highest BCUT2D eigenvalue weighted by atomic mass is 16.5. The van der Waals surface area contributed by atoms with Crippen LogP contribution >= 0.6 is 0 Å². The maximum absolute atomic E-state index is 5.49. The van der Waals surface area contributed by atoms with Crippen LogP contribution in [-0.4, -0.2) is 7.11 Å². The number of quaternary nitrogens is 1.